The third kappa shape index (κ3) is 4.24. The normalized spacial score (nSPS) is 35.9. The first-order valence-electron chi connectivity index (χ1n) is 13.3. The van der Waals surface area contributed by atoms with Crippen LogP contribution in [0.25, 0.3) is 0 Å². The average Bonchev–Trinajstić information content (AvgIpc) is 3.41. The molecule has 4 aliphatic rings. The number of rotatable bonds is 8. The van der Waals surface area contributed by atoms with Crippen molar-refractivity contribution in [1.29, 1.82) is 0 Å². The number of hydrogen-bond acceptors (Lipinski definition) is 7. The summed E-state index contributed by atoms with van der Waals surface area (Å²) in [4.78, 5) is 45.1. The highest BCUT2D eigenvalue weighted by molar-refractivity contribution is 6.02. The fourth-order valence-corrected chi connectivity index (χ4v) is 6.94. The van der Waals surface area contributed by atoms with Crippen LogP contribution in [0.5, 0.6) is 0 Å². The Bertz CT molecular complexity index is 1030. The van der Waals surface area contributed by atoms with Gasteiger partial charge in [-0.05, 0) is 38.3 Å². The van der Waals surface area contributed by atoms with Gasteiger partial charge in [0, 0.05) is 31.9 Å². The monoisotopic (exact) mass is 514 g/mol. The van der Waals surface area contributed by atoms with E-state index in [9.17, 15) is 19.5 Å². The van der Waals surface area contributed by atoms with E-state index >= 15 is 0 Å². The van der Waals surface area contributed by atoms with Crippen molar-refractivity contribution >= 4 is 23.4 Å². The Morgan fingerprint density at radius 3 is 2.57 bits per heavy atom. The Hall–Kier alpha value is -2.53. The molecule has 202 valence electrons. The van der Waals surface area contributed by atoms with E-state index in [1.165, 1.54) is 4.90 Å². The molecule has 0 saturated carbocycles. The predicted molar refractivity (Wildman–Crippen MR) is 136 cm³/mol. The van der Waals surface area contributed by atoms with E-state index in [-0.39, 0.29) is 30.2 Å². The number of carbonyl (C=O) groups is 3. The van der Waals surface area contributed by atoms with Gasteiger partial charge in [0.15, 0.2) is 0 Å². The second-order valence-electron chi connectivity index (χ2n) is 11.1. The van der Waals surface area contributed by atoms with E-state index in [1.54, 1.807) is 19.1 Å². The van der Waals surface area contributed by atoms with Crippen molar-refractivity contribution in [3.05, 3.63) is 30.3 Å². The summed E-state index contributed by atoms with van der Waals surface area (Å²) < 4.78 is 12.1. The Morgan fingerprint density at radius 2 is 1.89 bits per heavy atom. The highest BCUT2D eigenvalue weighted by Gasteiger charge is 2.80. The number of nitrogens with one attached hydrogen (secondary N) is 2. The van der Waals surface area contributed by atoms with Crippen molar-refractivity contribution in [2.45, 2.75) is 50.5 Å². The molecular weight excluding hydrogens is 476 g/mol. The van der Waals surface area contributed by atoms with Crippen LogP contribution in [0.4, 0.5) is 5.69 Å². The van der Waals surface area contributed by atoms with Gasteiger partial charge in [-0.3, -0.25) is 19.3 Å². The van der Waals surface area contributed by atoms with Crippen molar-refractivity contribution in [2.24, 2.45) is 17.8 Å². The number of nitrogens with zero attached hydrogens (tertiary/aromatic N) is 2. The second-order valence-corrected chi connectivity index (χ2v) is 11.1. The van der Waals surface area contributed by atoms with Crippen molar-refractivity contribution in [3.63, 3.8) is 0 Å². The lowest BCUT2D eigenvalue weighted by atomic mass is 9.62. The van der Waals surface area contributed by atoms with Gasteiger partial charge in [0.2, 0.25) is 17.7 Å². The molecule has 4 heterocycles. The topological polar surface area (TPSA) is 120 Å². The standard InChI is InChI=1S/C27H38N4O6/c1-17-15-27-21(20(26(17,3)37-27)23(33)29-19-7-5-4-6-8-19)25(35)31(18(2)16-32)22(27)24(34)28-9-10-30-11-13-36-14-12-30/h4-8,17-18,20-22,32H,9-16H2,1-3H3,(H,28,34)(H,29,33)/t17?,18-,20-,21+,22?,26+,27?/m1/s1. The average molecular weight is 515 g/mol. The number of ether oxygens (including phenoxy) is 2. The van der Waals surface area contributed by atoms with Gasteiger partial charge in [-0.2, -0.15) is 0 Å². The maximum absolute atomic E-state index is 14.0. The number of hydrogen-bond donors (Lipinski definition) is 3. The van der Waals surface area contributed by atoms with E-state index in [0.717, 1.165) is 13.1 Å². The number of anilines is 1. The van der Waals surface area contributed by atoms with Crippen molar-refractivity contribution in [3.8, 4) is 0 Å². The number of fused-ring (bicyclic) bond motifs is 1. The van der Waals surface area contributed by atoms with Crippen molar-refractivity contribution < 1.29 is 29.0 Å². The molecule has 3 amide bonds. The summed E-state index contributed by atoms with van der Waals surface area (Å²) in [5, 5.41) is 16.0. The summed E-state index contributed by atoms with van der Waals surface area (Å²) in [6, 6.07) is 7.62. The third-order valence-corrected chi connectivity index (χ3v) is 8.89. The molecule has 1 aromatic rings. The predicted octanol–water partition coefficient (Wildman–Crippen LogP) is 0.465. The maximum atomic E-state index is 14.0. The molecule has 4 fully saturated rings. The third-order valence-electron chi connectivity index (χ3n) is 8.89. The zero-order valence-electron chi connectivity index (χ0n) is 21.8. The highest BCUT2D eigenvalue weighted by Crippen LogP contribution is 2.65. The van der Waals surface area contributed by atoms with E-state index in [4.69, 9.17) is 9.47 Å². The number of morpholine rings is 1. The number of benzene rings is 1. The highest BCUT2D eigenvalue weighted by atomic mass is 16.5. The van der Waals surface area contributed by atoms with Gasteiger partial charge in [0.05, 0.1) is 43.3 Å². The fourth-order valence-electron chi connectivity index (χ4n) is 6.94. The van der Waals surface area contributed by atoms with Gasteiger partial charge in [-0.1, -0.05) is 25.1 Å². The zero-order chi connectivity index (χ0) is 26.4. The SMILES string of the molecule is CC1CC23O[C@]1(C)[C@@H](C(=O)Nc1ccccc1)[C@H]2C(=O)N([C@H](C)CO)C3C(=O)NCCN1CCOCC1. The number of para-hydroxylation sites is 1. The summed E-state index contributed by atoms with van der Waals surface area (Å²) in [5.41, 5.74) is -1.37. The molecule has 4 aliphatic heterocycles. The molecule has 10 heteroatoms. The molecule has 37 heavy (non-hydrogen) atoms. The first-order chi connectivity index (χ1) is 17.7. The van der Waals surface area contributed by atoms with Gasteiger partial charge in [0.1, 0.15) is 11.6 Å². The van der Waals surface area contributed by atoms with Crippen LogP contribution in [0.2, 0.25) is 0 Å². The number of amides is 3. The second kappa shape index (κ2) is 9.98. The Morgan fingerprint density at radius 1 is 1.19 bits per heavy atom. The van der Waals surface area contributed by atoms with Gasteiger partial charge < -0.3 is 30.1 Å². The van der Waals surface area contributed by atoms with Crippen molar-refractivity contribution in [1.82, 2.24) is 15.1 Å². The largest absolute Gasteiger partial charge is 0.394 e. The van der Waals surface area contributed by atoms with Crippen LogP contribution in [-0.2, 0) is 23.9 Å². The van der Waals surface area contributed by atoms with Gasteiger partial charge >= 0.3 is 0 Å². The van der Waals surface area contributed by atoms with Gasteiger partial charge in [0.25, 0.3) is 0 Å². The molecule has 4 saturated heterocycles. The summed E-state index contributed by atoms with van der Waals surface area (Å²) in [6.07, 6.45) is 0.491. The number of carbonyl (C=O) groups excluding carboxylic acids is 3. The lowest BCUT2D eigenvalue weighted by Crippen LogP contribution is -2.58. The summed E-state index contributed by atoms with van der Waals surface area (Å²) in [5.74, 6) is -2.50. The summed E-state index contributed by atoms with van der Waals surface area (Å²) >= 11 is 0. The minimum absolute atomic E-state index is 0.0453. The molecule has 0 aliphatic carbocycles. The van der Waals surface area contributed by atoms with Crippen LogP contribution in [0.15, 0.2) is 30.3 Å². The molecule has 7 atom stereocenters. The summed E-state index contributed by atoms with van der Waals surface area (Å²) in [6.45, 7) is 9.42. The Labute approximate surface area is 217 Å². The van der Waals surface area contributed by atoms with E-state index in [0.29, 0.717) is 38.4 Å². The Kier molecular flexibility index (Phi) is 7.04. The van der Waals surface area contributed by atoms with Crippen LogP contribution < -0.4 is 10.6 Å². The molecule has 2 bridgehead atoms. The molecule has 5 rings (SSSR count). The number of aliphatic hydroxyl groups is 1. The maximum Gasteiger partial charge on any atom is 0.245 e. The zero-order valence-corrected chi connectivity index (χ0v) is 21.8. The van der Waals surface area contributed by atoms with E-state index in [2.05, 4.69) is 15.5 Å². The van der Waals surface area contributed by atoms with Crippen LogP contribution in [0.1, 0.15) is 27.2 Å². The lowest BCUT2D eigenvalue weighted by molar-refractivity contribution is -0.149. The van der Waals surface area contributed by atoms with Crippen LogP contribution in [0, 0.1) is 17.8 Å². The van der Waals surface area contributed by atoms with E-state index < -0.39 is 35.1 Å². The Balaban J connectivity index is 1.42. The van der Waals surface area contributed by atoms with Crippen LogP contribution in [0.3, 0.4) is 0 Å². The molecule has 10 nitrogen and oxygen atoms in total. The number of aliphatic hydroxyl groups excluding tert-OH is 1. The smallest absolute Gasteiger partial charge is 0.245 e. The molecule has 3 unspecified atom stereocenters. The quantitative estimate of drug-likeness (QED) is 0.461. The van der Waals surface area contributed by atoms with Gasteiger partial charge in [-0.25, -0.2) is 0 Å². The van der Waals surface area contributed by atoms with Gasteiger partial charge in [-0.15, -0.1) is 0 Å². The molecule has 1 spiro atoms. The first-order valence-corrected chi connectivity index (χ1v) is 13.3. The molecule has 0 radical (unpaired) electrons. The lowest BCUT2D eigenvalue weighted by Gasteiger charge is -2.36. The summed E-state index contributed by atoms with van der Waals surface area (Å²) in [7, 11) is 0. The van der Waals surface area contributed by atoms with Crippen molar-refractivity contribution in [2.75, 3.05) is 51.3 Å². The molecular formula is C27H38N4O6. The van der Waals surface area contributed by atoms with Crippen LogP contribution in [-0.4, -0.2) is 102 Å². The minimum atomic E-state index is -1.13. The number of likely N-dealkylation sites (tertiary alicyclic amines) is 1. The molecule has 0 aromatic heterocycles. The fraction of sp³-hybridized carbons (Fsp3) is 0.667. The van der Waals surface area contributed by atoms with E-state index in [1.807, 2.05) is 32.0 Å². The first kappa shape index (κ1) is 26.1. The minimum Gasteiger partial charge on any atom is -0.394 e. The molecule has 1 aromatic carbocycles. The molecule has 3 N–H and O–H groups in total. The van der Waals surface area contributed by atoms with Crippen LogP contribution >= 0.6 is 0 Å².